The number of halogens is 1. The second-order valence-corrected chi connectivity index (χ2v) is 7.77. The minimum absolute atomic E-state index is 0.272. The van der Waals surface area contributed by atoms with Crippen molar-refractivity contribution < 1.29 is 9.13 Å². The van der Waals surface area contributed by atoms with Crippen LogP contribution in [0.3, 0.4) is 0 Å². The van der Waals surface area contributed by atoms with E-state index in [4.69, 9.17) is 4.74 Å². The van der Waals surface area contributed by atoms with Crippen LogP contribution in [0.2, 0.25) is 0 Å². The van der Waals surface area contributed by atoms with Crippen molar-refractivity contribution in [3.8, 4) is 28.0 Å². The Labute approximate surface area is 177 Å². The molecule has 0 fully saturated rings. The van der Waals surface area contributed by atoms with Gasteiger partial charge in [0.1, 0.15) is 6.61 Å². The maximum atomic E-state index is 14.7. The van der Waals surface area contributed by atoms with Gasteiger partial charge in [-0.15, -0.1) is 0 Å². The van der Waals surface area contributed by atoms with Gasteiger partial charge in [0, 0.05) is 0 Å². The average Bonchev–Trinajstić information content (AvgIpc) is 2.75. The molecule has 4 aromatic rings. The second-order valence-electron chi connectivity index (χ2n) is 7.77. The Kier molecular flexibility index (Phi) is 5.67. The SMILES string of the molecule is Cc1ccc(-c2cc(C)c(-c3ccc(OCc4ccccc4)c(F)c3)cc2C)cc1. The Morgan fingerprint density at radius 1 is 0.667 bits per heavy atom. The van der Waals surface area contributed by atoms with Crippen molar-refractivity contribution in [2.45, 2.75) is 27.4 Å². The fourth-order valence-electron chi connectivity index (χ4n) is 3.69. The summed E-state index contributed by atoms with van der Waals surface area (Å²) in [5.74, 6) is -0.0728. The lowest BCUT2D eigenvalue weighted by molar-refractivity contribution is 0.290. The van der Waals surface area contributed by atoms with Gasteiger partial charge < -0.3 is 4.74 Å². The Morgan fingerprint density at radius 2 is 1.27 bits per heavy atom. The molecule has 0 aliphatic carbocycles. The molecule has 0 bridgehead atoms. The van der Waals surface area contributed by atoms with E-state index in [1.165, 1.54) is 22.3 Å². The van der Waals surface area contributed by atoms with Gasteiger partial charge in [0.05, 0.1) is 0 Å². The summed E-state index contributed by atoms with van der Waals surface area (Å²) < 4.78 is 20.4. The van der Waals surface area contributed by atoms with Gasteiger partial charge >= 0.3 is 0 Å². The van der Waals surface area contributed by atoms with Crippen LogP contribution in [0.5, 0.6) is 5.75 Å². The first-order valence-corrected chi connectivity index (χ1v) is 10.2. The molecule has 0 N–H and O–H groups in total. The minimum atomic E-state index is -0.344. The lowest BCUT2D eigenvalue weighted by Crippen LogP contribution is -1.98. The predicted molar refractivity (Wildman–Crippen MR) is 122 cm³/mol. The normalized spacial score (nSPS) is 10.8. The van der Waals surface area contributed by atoms with Crippen LogP contribution in [0.15, 0.2) is 84.9 Å². The Balaban J connectivity index is 1.60. The van der Waals surface area contributed by atoms with E-state index in [1.54, 1.807) is 12.1 Å². The van der Waals surface area contributed by atoms with E-state index in [2.05, 4.69) is 57.2 Å². The third kappa shape index (κ3) is 4.28. The number of aryl methyl sites for hydroxylation is 3. The van der Waals surface area contributed by atoms with Crippen molar-refractivity contribution in [1.29, 1.82) is 0 Å². The molecule has 0 radical (unpaired) electrons. The molecule has 0 aliphatic heterocycles. The zero-order chi connectivity index (χ0) is 21.1. The van der Waals surface area contributed by atoms with Gasteiger partial charge in [-0.3, -0.25) is 0 Å². The fourth-order valence-corrected chi connectivity index (χ4v) is 3.69. The highest BCUT2D eigenvalue weighted by Crippen LogP contribution is 2.33. The first-order chi connectivity index (χ1) is 14.5. The summed E-state index contributed by atoms with van der Waals surface area (Å²) in [6, 6.07) is 27.9. The summed E-state index contributed by atoms with van der Waals surface area (Å²) >= 11 is 0. The molecule has 0 aliphatic rings. The van der Waals surface area contributed by atoms with E-state index in [9.17, 15) is 4.39 Å². The molecule has 0 atom stereocenters. The summed E-state index contributed by atoms with van der Waals surface area (Å²) in [4.78, 5) is 0. The summed E-state index contributed by atoms with van der Waals surface area (Å²) in [6.07, 6.45) is 0. The zero-order valence-electron chi connectivity index (χ0n) is 17.6. The van der Waals surface area contributed by atoms with Crippen molar-refractivity contribution in [3.05, 3.63) is 113 Å². The highest BCUT2D eigenvalue weighted by molar-refractivity contribution is 5.76. The monoisotopic (exact) mass is 396 g/mol. The van der Waals surface area contributed by atoms with Gasteiger partial charge in [0.2, 0.25) is 0 Å². The number of benzene rings is 4. The number of hydrogen-bond acceptors (Lipinski definition) is 1. The van der Waals surface area contributed by atoms with Crippen molar-refractivity contribution in [2.75, 3.05) is 0 Å². The molecule has 0 saturated heterocycles. The van der Waals surface area contributed by atoms with Crippen LogP contribution < -0.4 is 4.74 Å². The van der Waals surface area contributed by atoms with Crippen molar-refractivity contribution in [1.82, 2.24) is 0 Å². The molecule has 0 aromatic heterocycles. The molecule has 2 heteroatoms. The average molecular weight is 397 g/mol. The minimum Gasteiger partial charge on any atom is -0.486 e. The molecule has 0 saturated carbocycles. The second kappa shape index (κ2) is 8.54. The van der Waals surface area contributed by atoms with Crippen LogP contribution in [0.1, 0.15) is 22.3 Å². The van der Waals surface area contributed by atoms with Gasteiger partial charge in [0.25, 0.3) is 0 Å². The summed E-state index contributed by atoms with van der Waals surface area (Å²) in [5, 5.41) is 0. The third-order valence-corrected chi connectivity index (χ3v) is 5.41. The Hall–Kier alpha value is -3.39. The molecular formula is C28H25FO. The van der Waals surface area contributed by atoms with Crippen LogP contribution in [-0.2, 0) is 6.61 Å². The van der Waals surface area contributed by atoms with Crippen LogP contribution in [0.4, 0.5) is 4.39 Å². The molecular weight excluding hydrogens is 371 g/mol. The highest BCUT2D eigenvalue weighted by atomic mass is 19.1. The van der Waals surface area contributed by atoms with Gasteiger partial charge in [-0.25, -0.2) is 4.39 Å². The molecule has 30 heavy (non-hydrogen) atoms. The molecule has 150 valence electrons. The summed E-state index contributed by atoms with van der Waals surface area (Å²) in [6.45, 7) is 6.61. The number of ether oxygens (including phenoxy) is 1. The molecule has 4 rings (SSSR count). The fraction of sp³-hybridized carbons (Fsp3) is 0.143. The Morgan fingerprint density at radius 3 is 1.90 bits per heavy atom. The molecule has 1 nitrogen and oxygen atoms in total. The lowest BCUT2D eigenvalue weighted by Gasteiger charge is -2.14. The van der Waals surface area contributed by atoms with E-state index >= 15 is 0 Å². The van der Waals surface area contributed by atoms with Crippen molar-refractivity contribution in [2.24, 2.45) is 0 Å². The van der Waals surface area contributed by atoms with Crippen molar-refractivity contribution >= 4 is 0 Å². The summed E-state index contributed by atoms with van der Waals surface area (Å²) in [7, 11) is 0. The van der Waals surface area contributed by atoms with Gasteiger partial charge in [-0.2, -0.15) is 0 Å². The lowest BCUT2D eigenvalue weighted by atomic mass is 9.91. The van der Waals surface area contributed by atoms with Gasteiger partial charge in [-0.05, 0) is 71.8 Å². The highest BCUT2D eigenvalue weighted by Gasteiger charge is 2.11. The standard InChI is InChI=1S/C28H25FO/c1-19-9-11-23(12-10-19)25-15-21(3)26(16-20(25)2)24-13-14-28(27(29)17-24)30-18-22-7-5-4-6-8-22/h4-17H,18H2,1-3H3. The van der Waals surface area contributed by atoms with Crippen LogP contribution >= 0.6 is 0 Å². The quantitative estimate of drug-likeness (QED) is 0.336. The molecule has 0 amide bonds. The zero-order valence-corrected chi connectivity index (χ0v) is 17.6. The topological polar surface area (TPSA) is 9.23 Å². The number of hydrogen-bond donors (Lipinski definition) is 0. The smallest absolute Gasteiger partial charge is 0.165 e. The molecule has 4 aromatic carbocycles. The van der Waals surface area contributed by atoms with E-state index in [1.807, 2.05) is 36.4 Å². The third-order valence-electron chi connectivity index (χ3n) is 5.41. The van der Waals surface area contributed by atoms with Gasteiger partial charge in [-0.1, -0.05) is 78.4 Å². The first kappa shape index (κ1) is 19.9. The maximum absolute atomic E-state index is 14.7. The Bertz CT molecular complexity index is 1160. The van der Waals surface area contributed by atoms with E-state index in [0.717, 1.165) is 22.3 Å². The molecule has 0 heterocycles. The van der Waals surface area contributed by atoms with E-state index in [-0.39, 0.29) is 11.6 Å². The van der Waals surface area contributed by atoms with Gasteiger partial charge in [0.15, 0.2) is 11.6 Å². The molecule has 0 unspecified atom stereocenters. The van der Waals surface area contributed by atoms with E-state index in [0.29, 0.717) is 6.61 Å². The number of rotatable bonds is 5. The van der Waals surface area contributed by atoms with Crippen LogP contribution in [-0.4, -0.2) is 0 Å². The van der Waals surface area contributed by atoms with E-state index < -0.39 is 0 Å². The largest absolute Gasteiger partial charge is 0.486 e. The van der Waals surface area contributed by atoms with Crippen molar-refractivity contribution in [3.63, 3.8) is 0 Å². The maximum Gasteiger partial charge on any atom is 0.165 e. The predicted octanol–water partition coefficient (Wildman–Crippen LogP) is 7.66. The van der Waals surface area contributed by atoms with Crippen LogP contribution in [0.25, 0.3) is 22.3 Å². The van der Waals surface area contributed by atoms with Crippen LogP contribution in [0, 0.1) is 26.6 Å². The molecule has 0 spiro atoms. The first-order valence-electron chi connectivity index (χ1n) is 10.2. The summed E-state index contributed by atoms with van der Waals surface area (Å²) in [5.41, 5.74) is 8.85.